The van der Waals surface area contributed by atoms with E-state index in [1.54, 1.807) is 41.8 Å². The molecule has 1 aromatic heterocycles. The fourth-order valence-electron chi connectivity index (χ4n) is 3.27. The van der Waals surface area contributed by atoms with Gasteiger partial charge in [0, 0.05) is 41.0 Å². The fourth-order valence-corrected chi connectivity index (χ4v) is 3.46. The number of nitrogens with zero attached hydrogens (tertiary/aromatic N) is 3. The molecule has 0 saturated heterocycles. The Morgan fingerprint density at radius 3 is 2.66 bits per heavy atom. The molecule has 0 spiro atoms. The van der Waals surface area contributed by atoms with Gasteiger partial charge in [-0.2, -0.15) is 4.99 Å². The van der Waals surface area contributed by atoms with E-state index in [1.807, 2.05) is 42.5 Å². The van der Waals surface area contributed by atoms with E-state index in [4.69, 9.17) is 11.6 Å². The maximum Gasteiger partial charge on any atom is 0.278 e. The summed E-state index contributed by atoms with van der Waals surface area (Å²) in [6, 6.07) is 24.8. The number of H-pyrrole nitrogens is 1. The summed E-state index contributed by atoms with van der Waals surface area (Å²) in [4.78, 5) is 24.0. The third kappa shape index (κ3) is 5.49. The Kier molecular flexibility index (Phi) is 7.07. The number of amides is 1. The maximum absolute atomic E-state index is 12.6. The second-order valence-electron chi connectivity index (χ2n) is 7.05. The van der Waals surface area contributed by atoms with Crippen LogP contribution in [0.5, 0.6) is 0 Å². The largest absolute Gasteiger partial charge is 0.348 e. The molecule has 3 aromatic carbocycles. The van der Waals surface area contributed by atoms with E-state index >= 15 is 0 Å². The van der Waals surface area contributed by atoms with Gasteiger partial charge in [-0.1, -0.05) is 66.2 Å². The summed E-state index contributed by atoms with van der Waals surface area (Å²) < 4.78 is 0. The molecule has 0 unspecified atom stereocenters. The second-order valence-corrected chi connectivity index (χ2v) is 7.48. The first kappa shape index (κ1) is 21.5. The molecule has 0 aliphatic carbocycles. The minimum Gasteiger partial charge on any atom is -0.348 e. The highest BCUT2D eigenvalue weighted by Crippen LogP contribution is 2.29. The highest BCUT2D eigenvalue weighted by atomic mass is 35.5. The molecule has 4 aromatic rings. The van der Waals surface area contributed by atoms with Crippen LogP contribution in [0.3, 0.4) is 0 Å². The van der Waals surface area contributed by atoms with Crippen LogP contribution in [0.2, 0.25) is 5.02 Å². The molecule has 32 heavy (non-hydrogen) atoms. The van der Waals surface area contributed by atoms with Crippen LogP contribution < -0.4 is 10.4 Å². The van der Waals surface area contributed by atoms with Crippen LogP contribution in [0.4, 0.5) is 5.69 Å². The van der Waals surface area contributed by atoms with Crippen molar-refractivity contribution in [3.05, 3.63) is 108 Å². The number of imidazole rings is 1. The lowest BCUT2D eigenvalue weighted by Crippen LogP contribution is -2.39. The number of para-hydroxylation sites is 1. The number of halogens is 1. The van der Waals surface area contributed by atoms with E-state index in [-0.39, 0.29) is 5.91 Å². The molecule has 6 nitrogen and oxygen atoms in total. The number of anilines is 1. The molecular weight excluding hydrogens is 422 g/mol. The summed E-state index contributed by atoms with van der Waals surface area (Å²) in [5.74, 6) is -0.370. The monoisotopic (exact) mass is 443 g/mol. The molecular formula is C25H22ClN5O. The van der Waals surface area contributed by atoms with Crippen LogP contribution in [-0.4, -0.2) is 28.8 Å². The van der Waals surface area contributed by atoms with Gasteiger partial charge in [-0.15, -0.1) is 0 Å². The van der Waals surface area contributed by atoms with Gasteiger partial charge in [0.1, 0.15) is 6.34 Å². The Morgan fingerprint density at radius 1 is 1.06 bits per heavy atom. The minimum absolute atomic E-state index is 0.370. The van der Waals surface area contributed by atoms with Gasteiger partial charge in [0.25, 0.3) is 5.91 Å². The lowest BCUT2D eigenvalue weighted by molar-refractivity contribution is 0.100. The zero-order valence-electron chi connectivity index (χ0n) is 17.3. The Bertz CT molecular complexity index is 1190. The number of benzene rings is 3. The van der Waals surface area contributed by atoms with Crippen molar-refractivity contribution in [3.63, 3.8) is 0 Å². The van der Waals surface area contributed by atoms with Crippen LogP contribution in [0.1, 0.15) is 16.1 Å². The number of nitrogens with one attached hydrogen (secondary N) is 2. The Hall–Kier alpha value is -3.74. The molecule has 2 N–H and O–H groups in total. The molecule has 0 radical (unpaired) electrons. The van der Waals surface area contributed by atoms with Crippen LogP contribution in [0.15, 0.2) is 96.4 Å². The SMILES string of the molecule is O=C(N=CN(NCCc1cnc[nH]1)c1ccccc1-c1ccccc1)c1cccc(Cl)c1. The summed E-state index contributed by atoms with van der Waals surface area (Å²) in [6.07, 6.45) is 5.70. The smallest absolute Gasteiger partial charge is 0.278 e. The Balaban J connectivity index is 1.61. The number of aromatic amines is 1. The zero-order valence-corrected chi connectivity index (χ0v) is 18.0. The van der Waals surface area contributed by atoms with Crippen molar-refractivity contribution in [2.45, 2.75) is 6.42 Å². The van der Waals surface area contributed by atoms with E-state index < -0.39 is 0 Å². The first-order valence-electron chi connectivity index (χ1n) is 10.2. The number of hydrogen-bond donors (Lipinski definition) is 2. The molecule has 160 valence electrons. The first-order valence-corrected chi connectivity index (χ1v) is 10.6. The van der Waals surface area contributed by atoms with Crippen molar-refractivity contribution >= 4 is 29.5 Å². The number of hydrazine groups is 1. The number of rotatable bonds is 8. The van der Waals surface area contributed by atoms with E-state index in [9.17, 15) is 4.79 Å². The summed E-state index contributed by atoms with van der Waals surface area (Å²) in [7, 11) is 0. The molecule has 1 heterocycles. The molecule has 0 atom stereocenters. The normalized spacial score (nSPS) is 11.0. The number of carbonyl (C=O) groups excluding carboxylic acids is 1. The minimum atomic E-state index is -0.370. The van der Waals surface area contributed by atoms with Gasteiger partial charge in [0.05, 0.1) is 12.0 Å². The summed E-state index contributed by atoms with van der Waals surface area (Å²) in [5, 5.41) is 2.27. The highest BCUT2D eigenvalue weighted by Gasteiger charge is 2.12. The lowest BCUT2D eigenvalue weighted by Gasteiger charge is -2.23. The summed E-state index contributed by atoms with van der Waals surface area (Å²) in [6.45, 7) is 0.614. The third-order valence-electron chi connectivity index (χ3n) is 4.84. The van der Waals surface area contributed by atoms with E-state index in [2.05, 4.69) is 32.5 Å². The average molecular weight is 444 g/mol. The molecule has 1 amide bonds. The lowest BCUT2D eigenvalue weighted by atomic mass is 10.0. The average Bonchev–Trinajstić information content (AvgIpc) is 3.35. The van der Waals surface area contributed by atoms with Crippen molar-refractivity contribution in [1.29, 1.82) is 0 Å². The van der Waals surface area contributed by atoms with Crippen molar-refractivity contribution in [2.75, 3.05) is 11.6 Å². The quantitative estimate of drug-likeness (QED) is 0.224. The van der Waals surface area contributed by atoms with Crippen LogP contribution in [-0.2, 0) is 6.42 Å². The molecule has 0 aliphatic rings. The van der Waals surface area contributed by atoms with Crippen LogP contribution >= 0.6 is 11.6 Å². The van der Waals surface area contributed by atoms with Gasteiger partial charge in [-0.3, -0.25) is 9.80 Å². The number of carbonyl (C=O) groups is 1. The topological polar surface area (TPSA) is 73.4 Å². The van der Waals surface area contributed by atoms with Crippen LogP contribution in [0, 0.1) is 0 Å². The standard InChI is InChI=1S/C25H22ClN5O/c26-21-10-6-9-20(15-21)25(32)29-18-31(30-14-13-22-16-27-17-28-22)24-12-5-4-11-23(24)19-7-2-1-3-8-19/h1-12,15-18,30H,13-14H2,(H,27,28). The van der Waals surface area contributed by atoms with Gasteiger partial charge in [0.2, 0.25) is 0 Å². The van der Waals surface area contributed by atoms with Crippen molar-refractivity contribution in [2.24, 2.45) is 4.99 Å². The van der Waals surface area contributed by atoms with Crippen molar-refractivity contribution in [3.8, 4) is 11.1 Å². The Labute approximate surface area is 191 Å². The third-order valence-corrected chi connectivity index (χ3v) is 5.08. The van der Waals surface area contributed by atoms with Gasteiger partial charge >= 0.3 is 0 Å². The highest BCUT2D eigenvalue weighted by molar-refractivity contribution is 6.31. The predicted octanol–water partition coefficient (Wildman–Crippen LogP) is 5.15. The molecule has 0 saturated carbocycles. The van der Waals surface area contributed by atoms with Gasteiger partial charge in [-0.05, 0) is 29.8 Å². The fraction of sp³-hybridized carbons (Fsp3) is 0.0800. The van der Waals surface area contributed by atoms with Gasteiger partial charge in [-0.25, -0.2) is 10.4 Å². The molecule has 0 aliphatic heterocycles. The first-order chi connectivity index (χ1) is 15.7. The molecule has 7 heteroatoms. The van der Waals surface area contributed by atoms with Gasteiger partial charge < -0.3 is 4.98 Å². The van der Waals surface area contributed by atoms with E-state index in [0.29, 0.717) is 17.1 Å². The van der Waals surface area contributed by atoms with Crippen molar-refractivity contribution in [1.82, 2.24) is 15.4 Å². The van der Waals surface area contributed by atoms with Crippen molar-refractivity contribution < 1.29 is 4.79 Å². The summed E-state index contributed by atoms with van der Waals surface area (Å²) >= 11 is 6.02. The van der Waals surface area contributed by atoms with E-state index in [1.165, 1.54) is 6.34 Å². The summed E-state index contributed by atoms with van der Waals surface area (Å²) in [5.41, 5.74) is 7.77. The molecule has 0 fully saturated rings. The number of aliphatic imine (C=N–C) groups is 1. The molecule has 4 rings (SSSR count). The Morgan fingerprint density at radius 2 is 1.88 bits per heavy atom. The van der Waals surface area contributed by atoms with E-state index in [0.717, 1.165) is 28.9 Å². The zero-order chi connectivity index (χ0) is 22.2. The second kappa shape index (κ2) is 10.5. The van der Waals surface area contributed by atoms with Gasteiger partial charge in [0.15, 0.2) is 0 Å². The molecule has 0 bridgehead atoms. The maximum atomic E-state index is 12.6. The van der Waals surface area contributed by atoms with Crippen LogP contribution in [0.25, 0.3) is 11.1 Å². The number of aromatic nitrogens is 2. The number of hydrogen-bond acceptors (Lipinski definition) is 3. The predicted molar refractivity (Wildman–Crippen MR) is 129 cm³/mol.